The minimum absolute atomic E-state index is 0.0222. The highest BCUT2D eigenvalue weighted by molar-refractivity contribution is 6.36. The van der Waals surface area contributed by atoms with E-state index in [1.165, 1.54) is 0 Å². The van der Waals surface area contributed by atoms with E-state index < -0.39 is 0 Å². The van der Waals surface area contributed by atoms with E-state index in [2.05, 4.69) is 30.4 Å². The summed E-state index contributed by atoms with van der Waals surface area (Å²) in [6, 6.07) is 17.6. The van der Waals surface area contributed by atoms with Gasteiger partial charge in [0.2, 0.25) is 17.7 Å². The zero-order valence-corrected chi connectivity index (χ0v) is 48.6. The molecule has 9 rings (SSSR count). The maximum Gasteiger partial charge on any atom is 0.256 e. The summed E-state index contributed by atoms with van der Waals surface area (Å²) >= 11 is 13.6. The van der Waals surface area contributed by atoms with Crippen LogP contribution in [0.4, 0.5) is 0 Å². The lowest BCUT2D eigenvalue weighted by Crippen LogP contribution is -2.40. The monoisotopic (exact) mass is 1120 g/mol. The Kier molecular flexibility index (Phi) is 19.8. The van der Waals surface area contributed by atoms with E-state index >= 15 is 0 Å². The van der Waals surface area contributed by atoms with Crippen LogP contribution in [0, 0.1) is 27.7 Å². The molecule has 0 unspecified atom stereocenters. The summed E-state index contributed by atoms with van der Waals surface area (Å²) in [5.74, 6) is 0.946. The molecule has 5 aromatic rings. The molecule has 18 heteroatoms. The third-order valence-corrected chi connectivity index (χ3v) is 15.5. The van der Waals surface area contributed by atoms with Crippen LogP contribution in [0.3, 0.4) is 0 Å². The van der Waals surface area contributed by atoms with Gasteiger partial charge in [0, 0.05) is 48.7 Å². The first kappa shape index (κ1) is 58.7. The van der Waals surface area contributed by atoms with Crippen LogP contribution in [-0.2, 0) is 55.2 Å². The maximum absolute atomic E-state index is 14.1. The van der Waals surface area contributed by atoms with Crippen LogP contribution in [0.5, 0.6) is 17.4 Å². The molecule has 0 spiro atoms. The minimum Gasteiger partial charge on any atom is -0.489 e. The number of fused-ring (bicyclic) bond motifs is 2. The standard InChI is InChI=1S/C34H41ClN4O4.C27H35ClN4O4/c1-22(2)43-29-17-26(18-36-30(40)20-38-13-8-9-14-38)27-12-15-39(34(41)31(27)32(29)35)19-28-23(3)16-24(4)37-33(28)42-21-25-10-6-5-7-11-25;1-16(2)36-22-12-19(13-29-23(33)15-31-8-5-6-9-31)20-7-10-32(27(35)24(20)25(22)28)14-21-17(3)11-18(4)30-26(21)34/h5-7,10-11,16-17,22H,8-9,12-15,18-21H2,1-4H3,(H,36,40);11-12,16H,5-10,13-15H2,1-4H3,(H,29,33)(H,30,34). The fourth-order valence-electron chi connectivity index (χ4n) is 10.9. The fourth-order valence-corrected chi connectivity index (χ4v) is 11.5. The number of aromatic amines is 1. The number of aryl methyl sites for hydroxylation is 4. The topological polar surface area (TPSA) is 179 Å². The molecular formula is C61H76Cl2N8O8. The molecule has 3 N–H and O–H groups in total. The number of likely N-dealkylation sites (tertiary alicyclic amines) is 2. The van der Waals surface area contributed by atoms with Gasteiger partial charge in [-0.15, -0.1) is 0 Å². The van der Waals surface area contributed by atoms with Gasteiger partial charge in [-0.3, -0.25) is 33.8 Å². The Hall–Kier alpha value is -6.46. The van der Waals surface area contributed by atoms with E-state index in [-0.39, 0.29) is 53.0 Å². The molecule has 2 saturated heterocycles. The van der Waals surface area contributed by atoms with E-state index in [4.69, 9.17) is 37.4 Å². The Morgan fingerprint density at radius 3 is 1.58 bits per heavy atom. The van der Waals surface area contributed by atoms with Crippen molar-refractivity contribution in [2.24, 2.45) is 0 Å². The Morgan fingerprint density at radius 2 is 1.11 bits per heavy atom. The van der Waals surface area contributed by atoms with Gasteiger partial charge in [-0.2, -0.15) is 0 Å². The lowest BCUT2D eigenvalue weighted by atomic mass is 9.92. The Morgan fingerprint density at radius 1 is 0.646 bits per heavy atom. The number of nitrogens with zero attached hydrogens (tertiary/aromatic N) is 5. The van der Waals surface area contributed by atoms with Gasteiger partial charge in [0.15, 0.2) is 0 Å². The summed E-state index contributed by atoms with van der Waals surface area (Å²) in [6.45, 7) is 22.4. The van der Waals surface area contributed by atoms with Crippen molar-refractivity contribution in [1.82, 2.24) is 40.2 Å². The lowest BCUT2D eigenvalue weighted by molar-refractivity contribution is -0.123. The van der Waals surface area contributed by atoms with Gasteiger partial charge in [0.05, 0.1) is 59.6 Å². The molecule has 422 valence electrons. The number of aromatic nitrogens is 2. The van der Waals surface area contributed by atoms with Gasteiger partial charge >= 0.3 is 0 Å². The number of carbonyl (C=O) groups excluding carboxylic acids is 4. The molecule has 79 heavy (non-hydrogen) atoms. The lowest BCUT2D eigenvalue weighted by Gasteiger charge is -2.32. The summed E-state index contributed by atoms with van der Waals surface area (Å²) in [4.78, 5) is 80.9. The molecule has 4 amide bonds. The van der Waals surface area contributed by atoms with Gasteiger partial charge in [-0.05, 0) is 183 Å². The molecule has 0 aliphatic carbocycles. The van der Waals surface area contributed by atoms with E-state index in [1.54, 1.807) is 9.80 Å². The van der Waals surface area contributed by atoms with Gasteiger partial charge in [0.1, 0.15) is 18.1 Å². The van der Waals surface area contributed by atoms with Gasteiger partial charge in [0.25, 0.3) is 17.4 Å². The van der Waals surface area contributed by atoms with Crippen LogP contribution in [0.25, 0.3) is 0 Å². The summed E-state index contributed by atoms with van der Waals surface area (Å²) in [5, 5.41) is 6.66. The Labute approximate surface area is 474 Å². The molecular weight excluding hydrogens is 1040 g/mol. The quantitative estimate of drug-likeness (QED) is 0.0719. The average molecular weight is 1120 g/mol. The number of hydrogen-bond donors (Lipinski definition) is 3. The SMILES string of the molecule is Cc1cc(C)c(CN2CCc3c(CNC(=O)CN4CCCC4)cc(OC(C)C)c(Cl)c3C2=O)c(=O)[nH]1.Cc1cc(C)c(CN2CCc3c(CNC(=O)CN4CCCC4)cc(OC(C)C)c(Cl)c3C2=O)c(OCc2ccccc2)n1. The van der Waals surface area contributed by atoms with Crippen molar-refractivity contribution < 1.29 is 33.4 Å². The third-order valence-electron chi connectivity index (χ3n) is 14.8. The molecule has 0 atom stereocenters. The van der Waals surface area contributed by atoms with E-state index in [0.29, 0.717) is 104 Å². The zero-order valence-electron chi connectivity index (χ0n) is 47.0. The molecule has 2 fully saturated rings. The van der Waals surface area contributed by atoms with Crippen molar-refractivity contribution in [3.63, 3.8) is 0 Å². The van der Waals surface area contributed by atoms with Crippen LogP contribution in [0.1, 0.15) is 136 Å². The Bertz CT molecular complexity index is 3100. The number of rotatable bonds is 19. The first-order valence-electron chi connectivity index (χ1n) is 27.7. The summed E-state index contributed by atoms with van der Waals surface area (Å²) in [7, 11) is 0. The van der Waals surface area contributed by atoms with Crippen LogP contribution in [0.2, 0.25) is 10.0 Å². The summed E-state index contributed by atoms with van der Waals surface area (Å²) in [6.07, 6.45) is 5.43. The van der Waals surface area contributed by atoms with Crippen molar-refractivity contribution in [1.29, 1.82) is 0 Å². The second-order valence-corrected chi connectivity index (χ2v) is 22.5. The minimum atomic E-state index is -0.237. The van der Waals surface area contributed by atoms with Gasteiger partial charge < -0.3 is 39.6 Å². The molecule has 0 bridgehead atoms. The number of halogens is 2. The predicted octanol–water partition coefficient (Wildman–Crippen LogP) is 8.97. The van der Waals surface area contributed by atoms with Gasteiger partial charge in [-0.1, -0.05) is 53.5 Å². The van der Waals surface area contributed by atoms with Crippen molar-refractivity contribution in [3.05, 3.63) is 148 Å². The molecule has 4 aliphatic heterocycles. The highest BCUT2D eigenvalue weighted by atomic mass is 35.5. The number of amides is 4. The average Bonchev–Trinajstić information content (AvgIpc) is 4.21. The van der Waals surface area contributed by atoms with E-state index in [1.807, 2.05) is 110 Å². The number of pyridine rings is 2. The second kappa shape index (κ2) is 26.7. The smallest absolute Gasteiger partial charge is 0.256 e. The molecule has 2 aromatic heterocycles. The maximum atomic E-state index is 14.1. The number of hydrogen-bond acceptors (Lipinski definition) is 11. The van der Waals surface area contributed by atoms with Crippen LogP contribution in [0.15, 0.2) is 59.4 Å². The number of benzene rings is 3. The van der Waals surface area contributed by atoms with E-state index in [9.17, 15) is 24.0 Å². The third kappa shape index (κ3) is 14.9. The van der Waals surface area contributed by atoms with Crippen molar-refractivity contribution in [2.75, 3.05) is 52.4 Å². The van der Waals surface area contributed by atoms with Crippen LogP contribution < -0.4 is 30.4 Å². The molecule has 6 heterocycles. The molecule has 0 radical (unpaired) electrons. The molecule has 16 nitrogen and oxygen atoms in total. The Balaban J connectivity index is 0.000000211. The number of H-pyrrole nitrogens is 1. The summed E-state index contributed by atoms with van der Waals surface area (Å²) < 4.78 is 18.2. The number of carbonyl (C=O) groups is 4. The number of nitrogens with one attached hydrogen (secondary N) is 3. The van der Waals surface area contributed by atoms with Crippen LogP contribution in [-0.4, -0.2) is 118 Å². The van der Waals surface area contributed by atoms with E-state index in [0.717, 1.165) is 108 Å². The van der Waals surface area contributed by atoms with Crippen molar-refractivity contribution in [2.45, 2.75) is 139 Å². The van der Waals surface area contributed by atoms with Crippen LogP contribution >= 0.6 is 23.2 Å². The fraction of sp³-hybridized carbons (Fsp3) is 0.475. The molecule has 0 saturated carbocycles. The second-order valence-electron chi connectivity index (χ2n) is 21.8. The number of ether oxygens (including phenoxy) is 3. The molecule has 3 aromatic carbocycles. The first-order chi connectivity index (χ1) is 37.8. The van der Waals surface area contributed by atoms with Crippen molar-refractivity contribution >= 4 is 46.8 Å². The first-order valence-corrected chi connectivity index (χ1v) is 28.5. The highest BCUT2D eigenvalue weighted by Gasteiger charge is 2.34. The van der Waals surface area contributed by atoms with Gasteiger partial charge in [-0.25, -0.2) is 4.98 Å². The van der Waals surface area contributed by atoms with Crippen molar-refractivity contribution in [3.8, 4) is 17.4 Å². The normalized spacial score (nSPS) is 15.5. The highest BCUT2D eigenvalue weighted by Crippen LogP contribution is 2.40. The molecule has 4 aliphatic rings. The summed E-state index contributed by atoms with van der Waals surface area (Å²) in [5.41, 5.74) is 10.0. The zero-order chi connectivity index (χ0) is 56.5. The predicted molar refractivity (Wildman–Crippen MR) is 307 cm³/mol. The largest absolute Gasteiger partial charge is 0.489 e.